The zero-order valence-corrected chi connectivity index (χ0v) is 16.4. The number of hydrogen-bond donors (Lipinski definition) is 2. The molecule has 3 aromatic rings. The normalized spacial score (nSPS) is 11.8. The van der Waals surface area contributed by atoms with Gasteiger partial charge in [-0.15, -0.1) is 0 Å². The third kappa shape index (κ3) is 4.11. The number of thioether (sulfide) groups is 1. The molecule has 0 unspecified atom stereocenters. The number of nitrogens with one attached hydrogen (secondary N) is 1. The summed E-state index contributed by atoms with van der Waals surface area (Å²) in [6, 6.07) is 13.9. The zero-order valence-electron chi connectivity index (χ0n) is 14.7. The van der Waals surface area contributed by atoms with Gasteiger partial charge < -0.3 is 15.1 Å². The number of fused-ring (bicyclic) bond motifs is 1. The Morgan fingerprint density at radius 1 is 1.19 bits per heavy atom. The first-order valence-corrected chi connectivity index (χ1v) is 10.3. The molecule has 136 valence electrons. The lowest BCUT2D eigenvalue weighted by Gasteiger charge is -2.11. The van der Waals surface area contributed by atoms with Crippen LogP contribution < -0.4 is 10.1 Å². The van der Waals surface area contributed by atoms with Crippen molar-refractivity contribution in [2.24, 2.45) is 5.16 Å². The number of amides is 1. The van der Waals surface area contributed by atoms with Crippen LogP contribution in [0.1, 0.15) is 11.1 Å². The number of anilines is 1. The van der Waals surface area contributed by atoms with Crippen molar-refractivity contribution in [2.75, 3.05) is 16.8 Å². The van der Waals surface area contributed by atoms with Gasteiger partial charge in [0, 0.05) is 18.0 Å². The van der Waals surface area contributed by atoms with Gasteiger partial charge in [0.1, 0.15) is 0 Å². The molecule has 26 heavy (non-hydrogen) atoms. The summed E-state index contributed by atoms with van der Waals surface area (Å²) in [6.07, 6.45) is 0. The maximum Gasteiger partial charge on any atom is 0.234 e. The summed E-state index contributed by atoms with van der Waals surface area (Å²) in [6.45, 7) is 4.67. The van der Waals surface area contributed by atoms with Gasteiger partial charge in [-0.2, -0.15) is 11.8 Å². The summed E-state index contributed by atoms with van der Waals surface area (Å²) in [5.74, 6) is 1.15. The van der Waals surface area contributed by atoms with Gasteiger partial charge in [0.15, 0.2) is 0 Å². The van der Waals surface area contributed by atoms with Crippen molar-refractivity contribution in [1.29, 1.82) is 0 Å². The number of thiazole rings is 1. The van der Waals surface area contributed by atoms with Crippen molar-refractivity contribution in [1.82, 2.24) is 4.57 Å². The third-order valence-corrected chi connectivity index (χ3v) is 6.10. The largest absolute Gasteiger partial charge is 0.408 e. The van der Waals surface area contributed by atoms with E-state index >= 15 is 0 Å². The molecule has 1 heterocycles. The topological polar surface area (TPSA) is 66.6 Å². The molecule has 0 aliphatic rings. The van der Waals surface area contributed by atoms with Crippen LogP contribution in [-0.4, -0.2) is 27.2 Å². The summed E-state index contributed by atoms with van der Waals surface area (Å²) < 4.78 is 3.06. The number of aromatic nitrogens is 1. The summed E-state index contributed by atoms with van der Waals surface area (Å²) in [4.78, 5) is 12.8. The fourth-order valence-electron chi connectivity index (χ4n) is 2.82. The second-order valence-electron chi connectivity index (χ2n) is 5.97. The highest BCUT2D eigenvalue weighted by Gasteiger charge is 2.09. The van der Waals surface area contributed by atoms with Crippen molar-refractivity contribution in [2.45, 2.75) is 20.4 Å². The van der Waals surface area contributed by atoms with E-state index in [0.717, 1.165) is 32.8 Å². The molecule has 2 aromatic carbocycles. The Morgan fingerprint density at radius 3 is 2.65 bits per heavy atom. The van der Waals surface area contributed by atoms with E-state index in [2.05, 4.69) is 10.5 Å². The lowest BCUT2D eigenvalue weighted by molar-refractivity contribution is -0.113. The van der Waals surface area contributed by atoms with Crippen molar-refractivity contribution in [3.05, 3.63) is 58.4 Å². The lowest BCUT2D eigenvalue weighted by Crippen LogP contribution is -2.18. The van der Waals surface area contributed by atoms with Crippen LogP contribution in [0.2, 0.25) is 0 Å². The smallest absolute Gasteiger partial charge is 0.234 e. The van der Waals surface area contributed by atoms with Crippen molar-refractivity contribution in [3.8, 4) is 0 Å². The van der Waals surface area contributed by atoms with Gasteiger partial charge in [-0.3, -0.25) is 4.79 Å². The Hall–Kier alpha value is -2.25. The van der Waals surface area contributed by atoms with E-state index in [-0.39, 0.29) is 5.91 Å². The maximum atomic E-state index is 12.2. The van der Waals surface area contributed by atoms with Crippen LogP contribution in [0.3, 0.4) is 0 Å². The predicted molar refractivity (Wildman–Crippen MR) is 109 cm³/mol. The Kier molecular flexibility index (Phi) is 6.00. The number of hydrogen-bond acceptors (Lipinski definition) is 5. The SMILES string of the molecule is Cc1cccc(C)c1NC(=O)CSCCn1/c(=N/O)sc2ccccc21. The van der Waals surface area contributed by atoms with E-state index in [1.807, 2.05) is 60.9 Å². The molecule has 0 fully saturated rings. The standard InChI is InChI=1S/C19H21N3O2S2/c1-13-6-5-7-14(2)18(13)20-17(23)12-25-11-10-22-15-8-3-4-9-16(15)26-19(22)21-24/h3-9,24H,10-12H2,1-2H3,(H,20,23)/b21-19-. The molecule has 2 N–H and O–H groups in total. The second-order valence-corrected chi connectivity index (χ2v) is 8.09. The van der Waals surface area contributed by atoms with E-state index in [1.165, 1.54) is 11.3 Å². The first-order valence-electron chi connectivity index (χ1n) is 8.30. The quantitative estimate of drug-likeness (QED) is 0.382. The molecule has 0 aliphatic carbocycles. The Morgan fingerprint density at radius 2 is 1.92 bits per heavy atom. The van der Waals surface area contributed by atoms with Crippen molar-refractivity contribution >= 4 is 44.9 Å². The first-order chi connectivity index (χ1) is 12.6. The zero-order chi connectivity index (χ0) is 18.5. The van der Waals surface area contributed by atoms with Crippen molar-refractivity contribution in [3.63, 3.8) is 0 Å². The van der Waals surface area contributed by atoms with E-state index in [4.69, 9.17) is 0 Å². The average molecular weight is 388 g/mol. The lowest BCUT2D eigenvalue weighted by atomic mass is 10.1. The van der Waals surface area contributed by atoms with Crippen molar-refractivity contribution < 1.29 is 10.0 Å². The van der Waals surface area contributed by atoms with Gasteiger partial charge in [0.2, 0.25) is 10.7 Å². The molecule has 0 saturated carbocycles. The highest BCUT2D eigenvalue weighted by Crippen LogP contribution is 2.20. The molecule has 0 saturated heterocycles. The van der Waals surface area contributed by atoms with E-state index in [9.17, 15) is 10.0 Å². The van der Waals surface area contributed by atoms with Crippen LogP contribution in [-0.2, 0) is 11.3 Å². The first kappa shape index (κ1) is 18.5. The van der Waals surface area contributed by atoms with Gasteiger partial charge in [0.05, 0.1) is 16.0 Å². The molecular formula is C19H21N3O2S2. The number of para-hydroxylation sites is 2. The number of rotatable bonds is 6. The van der Waals surface area contributed by atoms with E-state index < -0.39 is 0 Å². The molecule has 7 heteroatoms. The molecule has 1 amide bonds. The van der Waals surface area contributed by atoms with Gasteiger partial charge in [0.25, 0.3) is 0 Å². The molecule has 0 spiro atoms. The van der Waals surface area contributed by atoms with E-state index in [1.54, 1.807) is 11.8 Å². The minimum absolute atomic E-state index is 0.000328. The molecule has 5 nitrogen and oxygen atoms in total. The Balaban J connectivity index is 1.57. The van der Waals surface area contributed by atoms with Crippen LogP contribution >= 0.6 is 23.1 Å². The Bertz CT molecular complexity index is 972. The summed E-state index contributed by atoms with van der Waals surface area (Å²) in [7, 11) is 0. The minimum atomic E-state index is -0.000328. The van der Waals surface area contributed by atoms with Crippen LogP contribution in [0.25, 0.3) is 10.2 Å². The number of benzene rings is 2. The highest BCUT2D eigenvalue weighted by atomic mass is 32.2. The fourth-order valence-corrected chi connectivity index (χ4v) is 4.50. The molecule has 0 aliphatic heterocycles. The van der Waals surface area contributed by atoms with Crippen LogP contribution in [0.5, 0.6) is 0 Å². The minimum Gasteiger partial charge on any atom is -0.408 e. The molecule has 1 aromatic heterocycles. The van der Waals surface area contributed by atoms with Gasteiger partial charge in [-0.05, 0) is 37.1 Å². The second kappa shape index (κ2) is 8.42. The maximum absolute atomic E-state index is 12.2. The molecule has 0 radical (unpaired) electrons. The number of carbonyl (C=O) groups excluding carboxylic acids is 1. The van der Waals surface area contributed by atoms with E-state index in [0.29, 0.717) is 17.1 Å². The van der Waals surface area contributed by atoms with Crippen LogP contribution in [0.4, 0.5) is 5.69 Å². The summed E-state index contributed by atoms with van der Waals surface area (Å²) >= 11 is 3.02. The fraction of sp³-hybridized carbons (Fsp3) is 0.263. The van der Waals surface area contributed by atoms with Gasteiger partial charge in [-0.25, -0.2) is 0 Å². The molecule has 3 rings (SSSR count). The number of nitrogens with zero attached hydrogens (tertiary/aromatic N) is 2. The average Bonchev–Trinajstić information content (AvgIpc) is 3.00. The van der Waals surface area contributed by atoms with Crippen LogP contribution in [0, 0.1) is 13.8 Å². The Labute approximate surface area is 160 Å². The van der Waals surface area contributed by atoms with Gasteiger partial charge in [-0.1, -0.05) is 46.8 Å². The van der Waals surface area contributed by atoms with Gasteiger partial charge >= 0.3 is 0 Å². The third-order valence-electron chi connectivity index (χ3n) is 4.11. The van der Waals surface area contributed by atoms with Crippen LogP contribution in [0.15, 0.2) is 47.6 Å². The molecular weight excluding hydrogens is 366 g/mol. The highest BCUT2D eigenvalue weighted by molar-refractivity contribution is 7.99. The monoisotopic (exact) mass is 387 g/mol. The molecule has 0 bridgehead atoms. The predicted octanol–water partition coefficient (Wildman–Crippen LogP) is 3.98. The number of carbonyl (C=O) groups is 1. The molecule has 0 atom stereocenters. The summed E-state index contributed by atoms with van der Waals surface area (Å²) in [5, 5.41) is 15.6. The summed E-state index contributed by atoms with van der Waals surface area (Å²) in [5.41, 5.74) is 4.08. The number of aryl methyl sites for hydroxylation is 3.